The molecule has 0 spiro atoms. The molecule has 0 saturated carbocycles. The van der Waals surface area contributed by atoms with Crippen LogP contribution in [0.2, 0.25) is 0 Å². The summed E-state index contributed by atoms with van der Waals surface area (Å²) in [5.41, 5.74) is -0.982. The van der Waals surface area contributed by atoms with Crippen molar-refractivity contribution in [3.8, 4) is 0 Å². The zero-order chi connectivity index (χ0) is 11.7. The van der Waals surface area contributed by atoms with Crippen LogP contribution in [0.4, 0.5) is 8.78 Å². The highest BCUT2D eigenvalue weighted by Crippen LogP contribution is 2.22. The Kier molecular flexibility index (Phi) is 7.93. The molecule has 3 heteroatoms. The third-order valence-electron chi connectivity index (χ3n) is 2.81. The average molecular weight is 221 g/mol. The van der Waals surface area contributed by atoms with Gasteiger partial charge in [-0.1, -0.05) is 39.5 Å². The van der Waals surface area contributed by atoms with Gasteiger partial charge < -0.3 is 5.32 Å². The molecule has 0 radical (unpaired) electrons. The summed E-state index contributed by atoms with van der Waals surface area (Å²) in [6, 6.07) is 0. The standard InChI is InChI=1S/C12H25F2N/c1-4-6-7-8-9-12(3,11(13)14)15-10-5-2/h11,15H,4-10H2,1-3H3. The monoisotopic (exact) mass is 221 g/mol. The first-order valence-electron chi connectivity index (χ1n) is 6.10. The predicted octanol–water partition coefficient (Wildman–Crippen LogP) is 3.98. The Hall–Kier alpha value is -0.180. The molecule has 15 heavy (non-hydrogen) atoms. The molecule has 0 bridgehead atoms. The molecule has 0 amide bonds. The molecule has 1 unspecified atom stereocenters. The van der Waals surface area contributed by atoms with Crippen molar-refractivity contribution in [3.05, 3.63) is 0 Å². The molecule has 0 heterocycles. The Morgan fingerprint density at radius 3 is 2.20 bits per heavy atom. The van der Waals surface area contributed by atoms with E-state index in [-0.39, 0.29) is 0 Å². The van der Waals surface area contributed by atoms with E-state index >= 15 is 0 Å². The second-order valence-corrected chi connectivity index (χ2v) is 4.46. The smallest absolute Gasteiger partial charge is 0.256 e. The van der Waals surface area contributed by atoms with Crippen molar-refractivity contribution in [2.24, 2.45) is 0 Å². The highest BCUT2D eigenvalue weighted by atomic mass is 19.3. The molecular weight excluding hydrogens is 196 g/mol. The van der Waals surface area contributed by atoms with Gasteiger partial charge in [-0.2, -0.15) is 0 Å². The van der Waals surface area contributed by atoms with Crippen molar-refractivity contribution in [3.63, 3.8) is 0 Å². The second-order valence-electron chi connectivity index (χ2n) is 4.46. The second kappa shape index (κ2) is 8.03. The third kappa shape index (κ3) is 6.08. The van der Waals surface area contributed by atoms with Crippen molar-refractivity contribution < 1.29 is 8.78 Å². The Labute approximate surface area is 92.6 Å². The van der Waals surface area contributed by atoms with E-state index in [9.17, 15) is 8.78 Å². The van der Waals surface area contributed by atoms with E-state index in [1.165, 1.54) is 0 Å². The number of alkyl halides is 2. The van der Waals surface area contributed by atoms with Crippen LogP contribution in [0.1, 0.15) is 59.3 Å². The molecule has 0 fully saturated rings. The minimum Gasteiger partial charge on any atom is -0.307 e. The van der Waals surface area contributed by atoms with Crippen molar-refractivity contribution in [2.45, 2.75) is 71.3 Å². The summed E-state index contributed by atoms with van der Waals surface area (Å²) in [6.07, 6.45) is 3.45. The molecule has 0 aliphatic carbocycles. The molecule has 0 aromatic heterocycles. The lowest BCUT2D eigenvalue weighted by atomic mass is 9.94. The Balaban J connectivity index is 3.90. The van der Waals surface area contributed by atoms with Crippen LogP contribution in [0.3, 0.4) is 0 Å². The van der Waals surface area contributed by atoms with Crippen LogP contribution in [0.15, 0.2) is 0 Å². The number of hydrogen-bond acceptors (Lipinski definition) is 1. The topological polar surface area (TPSA) is 12.0 Å². The Morgan fingerprint density at radius 2 is 1.73 bits per heavy atom. The number of unbranched alkanes of at least 4 members (excludes halogenated alkanes) is 3. The summed E-state index contributed by atoms with van der Waals surface area (Å²) in [4.78, 5) is 0. The van der Waals surface area contributed by atoms with Gasteiger partial charge in [0, 0.05) is 0 Å². The lowest BCUT2D eigenvalue weighted by molar-refractivity contribution is 0.0338. The summed E-state index contributed by atoms with van der Waals surface area (Å²) in [7, 11) is 0. The zero-order valence-corrected chi connectivity index (χ0v) is 10.3. The number of nitrogens with one attached hydrogen (secondary N) is 1. The highest BCUT2D eigenvalue weighted by molar-refractivity contribution is 4.85. The zero-order valence-electron chi connectivity index (χ0n) is 10.3. The van der Waals surface area contributed by atoms with Crippen LogP contribution in [0.5, 0.6) is 0 Å². The van der Waals surface area contributed by atoms with Crippen LogP contribution >= 0.6 is 0 Å². The molecule has 0 aliphatic rings. The first-order chi connectivity index (χ1) is 7.06. The van der Waals surface area contributed by atoms with Crippen LogP contribution in [0.25, 0.3) is 0 Å². The fourth-order valence-corrected chi connectivity index (χ4v) is 1.60. The van der Waals surface area contributed by atoms with Crippen LogP contribution in [-0.4, -0.2) is 18.5 Å². The normalized spacial score (nSPS) is 15.6. The number of hydrogen-bond donors (Lipinski definition) is 1. The quantitative estimate of drug-likeness (QED) is 0.581. The molecule has 0 aromatic carbocycles. The Morgan fingerprint density at radius 1 is 1.07 bits per heavy atom. The SMILES string of the molecule is CCCCCCC(C)(NCCC)C(F)F. The van der Waals surface area contributed by atoms with Gasteiger partial charge in [0.1, 0.15) is 0 Å². The van der Waals surface area contributed by atoms with Gasteiger partial charge in [0.25, 0.3) is 6.43 Å². The van der Waals surface area contributed by atoms with Crippen LogP contribution < -0.4 is 5.32 Å². The summed E-state index contributed by atoms with van der Waals surface area (Å²) >= 11 is 0. The summed E-state index contributed by atoms with van der Waals surface area (Å²) in [6.45, 7) is 6.44. The average Bonchev–Trinajstić information content (AvgIpc) is 2.21. The highest BCUT2D eigenvalue weighted by Gasteiger charge is 2.33. The maximum Gasteiger partial charge on any atom is 0.256 e. The van der Waals surface area contributed by atoms with E-state index in [2.05, 4.69) is 12.2 Å². The molecule has 1 atom stereocenters. The third-order valence-corrected chi connectivity index (χ3v) is 2.81. The lowest BCUT2D eigenvalue weighted by Crippen LogP contribution is -2.48. The number of halogens is 2. The van der Waals surface area contributed by atoms with Crippen molar-refractivity contribution >= 4 is 0 Å². The van der Waals surface area contributed by atoms with E-state index in [4.69, 9.17) is 0 Å². The summed E-state index contributed by atoms with van der Waals surface area (Å²) in [5.74, 6) is 0. The molecule has 1 nitrogen and oxygen atoms in total. The predicted molar refractivity (Wildman–Crippen MR) is 61.5 cm³/mol. The van der Waals surface area contributed by atoms with Crippen LogP contribution in [-0.2, 0) is 0 Å². The van der Waals surface area contributed by atoms with E-state index in [1.54, 1.807) is 6.92 Å². The molecule has 0 saturated heterocycles. The molecule has 92 valence electrons. The van der Waals surface area contributed by atoms with Gasteiger partial charge in [-0.15, -0.1) is 0 Å². The molecule has 0 aromatic rings. The molecule has 1 N–H and O–H groups in total. The van der Waals surface area contributed by atoms with E-state index in [0.717, 1.165) is 32.1 Å². The van der Waals surface area contributed by atoms with Gasteiger partial charge in [-0.3, -0.25) is 0 Å². The van der Waals surface area contributed by atoms with Gasteiger partial charge >= 0.3 is 0 Å². The fourth-order valence-electron chi connectivity index (χ4n) is 1.60. The van der Waals surface area contributed by atoms with E-state index in [1.807, 2.05) is 6.92 Å². The van der Waals surface area contributed by atoms with Crippen molar-refractivity contribution in [1.29, 1.82) is 0 Å². The van der Waals surface area contributed by atoms with Crippen LogP contribution in [0, 0.1) is 0 Å². The largest absolute Gasteiger partial charge is 0.307 e. The van der Waals surface area contributed by atoms with E-state index in [0.29, 0.717) is 13.0 Å². The van der Waals surface area contributed by atoms with E-state index < -0.39 is 12.0 Å². The summed E-state index contributed by atoms with van der Waals surface area (Å²) in [5, 5.41) is 2.97. The number of rotatable bonds is 9. The molecular formula is C12H25F2N. The first kappa shape index (κ1) is 14.8. The Bertz CT molecular complexity index is 151. The van der Waals surface area contributed by atoms with Gasteiger partial charge in [0.05, 0.1) is 5.54 Å². The maximum atomic E-state index is 12.9. The van der Waals surface area contributed by atoms with Crippen molar-refractivity contribution in [1.82, 2.24) is 5.32 Å². The minimum absolute atomic E-state index is 0.574. The van der Waals surface area contributed by atoms with Crippen molar-refractivity contribution in [2.75, 3.05) is 6.54 Å². The molecule has 0 rings (SSSR count). The first-order valence-corrected chi connectivity index (χ1v) is 6.10. The summed E-state index contributed by atoms with van der Waals surface area (Å²) < 4.78 is 25.7. The molecule has 0 aliphatic heterocycles. The van der Waals surface area contributed by atoms with Gasteiger partial charge in [-0.25, -0.2) is 8.78 Å². The fraction of sp³-hybridized carbons (Fsp3) is 1.00. The lowest BCUT2D eigenvalue weighted by Gasteiger charge is -2.30. The maximum absolute atomic E-state index is 12.9. The van der Waals surface area contributed by atoms with Gasteiger partial charge in [-0.05, 0) is 26.3 Å². The van der Waals surface area contributed by atoms with Gasteiger partial charge in [0.2, 0.25) is 0 Å². The minimum atomic E-state index is -2.27. The van der Waals surface area contributed by atoms with Gasteiger partial charge in [0.15, 0.2) is 0 Å².